The number of benzene rings is 1. The lowest BCUT2D eigenvalue weighted by Gasteiger charge is -2.45. The Morgan fingerprint density at radius 3 is 2.65 bits per heavy atom. The number of hydrogen-bond acceptors (Lipinski definition) is 3. The number of aryl methyl sites for hydroxylation is 1. The maximum absolute atomic E-state index is 12.9. The van der Waals surface area contributed by atoms with Gasteiger partial charge in [0.2, 0.25) is 0 Å². The van der Waals surface area contributed by atoms with Crippen LogP contribution in [0.5, 0.6) is 0 Å². The smallest absolute Gasteiger partial charge is 0.252 e. The van der Waals surface area contributed by atoms with Crippen LogP contribution in [0.1, 0.15) is 88.6 Å². The third kappa shape index (κ3) is 7.47. The molecule has 176 valence electrons. The van der Waals surface area contributed by atoms with Gasteiger partial charge in [0.1, 0.15) is 0 Å². The molecule has 0 unspecified atom stereocenters. The van der Waals surface area contributed by atoms with Crippen molar-refractivity contribution in [3.05, 3.63) is 34.3 Å². The molecule has 5 heteroatoms. The molecule has 0 aromatic heterocycles. The summed E-state index contributed by atoms with van der Waals surface area (Å²) in [5.74, 6) is 0.833. The summed E-state index contributed by atoms with van der Waals surface area (Å²) in [6, 6.07) is 5.82. The summed E-state index contributed by atoms with van der Waals surface area (Å²) in [6.07, 6.45) is 11.0. The van der Waals surface area contributed by atoms with Crippen molar-refractivity contribution >= 4 is 17.5 Å². The van der Waals surface area contributed by atoms with E-state index >= 15 is 0 Å². The fraction of sp³-hybridized carbons (Fsp3) is 0.731. The first kappa shape index (κ1) is 26.2. The van der Waals surface area contributed by atoms with Crippen LogP contribution in [-0.2, 0) is 6.42 Å². The number of fused-ring (bicyclic) bond motifs is 2. The monoisotopic (exact) mass is 450 g/mol. The second kappa shape index (κ2) is 11.7. The lowest BCUT2D eigenvalue weighted by molar-refractivity contribution is 0.0681. The number of hydrogen-bond donors (Lipinski definition) is 3. The van der Waals surface area contributed by atoms with Crippen LogP contribution in [0.2, 0.25) is 5.02 Å². The fourth-order valence-corrected chi connectivity index (χ4v) is 5.44. The van der Waals surface area contributed by atoms with E-state index in [4.69, 9.17) is 11.6 Å². The van der Waals surface area contributed by atoms with E-state index in [0.29, 0.717) is 16.0 Å². The Morgan fingerprint density at radius 2 is 1.97 bits per heavy atom. The molecule has 3 N–H and O–H groups in total. The quantitative estimate of drug-likeness (QED) is 0.406. The van der Waals surface area contributed by atoms with Crippen LogP contribution in [-0.4, -0.2) is 37.3 Å². The summed E-state index contributed by atoms with van der Waals surface area (Å²) in [6.45, 7) is 6.73. The Balaban J connectivity index is 0.00000341. The van der Waals surface area contributed by atoms with Crippen LogP contribution in [0.15, 0.2) is 18.2 Å². The van der Waals surface area contributed by atoms with Crippen molar-refractivity contribution in [2.45, 2.75) is 79.1 Å². The molecule has 0 saturated heterocycles. The Kier molecular flexibility index (Phi) is 9.85. The number of carbonyl (C=O) groups is 1. The summed E-state index contributed by atoms with van der Waals surface area (Å²) in [5, 5.41) is 16.5. The summed E-state index contributed by atoms with van der Waals surface area (Å²) >= 11 is 6.37. The molecule has 3 rings (SSSR count). The Morgan fingerprint density at radius 1 is 1.26 bits per heavy atom. The van der Waals surface area contributed by atoms with E-state index in [-0.39, 0.29) is 25.4 Å². The number of nitrogens with one attached hydrogen (secondary N) is 2. The summed E-state index contributed by atoms with van der Waals surface area (Å²) in [7, 11) is 0. The van der Waals surface area contributed by atoms with E-state index in [9.17, 15) is 9.90 Å². The van der Waals surface area contributed by atoms with Gasteiger partial charge in [0.25, 0.3) is 5.91 Å². The van der Waals surface area contributed by atoms with Gasteiger partial charge in [0, 0.05) is 25.1 Å². The number of aliphatic hydroxyl groups is 1. The summed E-state index contributed by atoms with van der Waals surface area (Å²) in [4.78, 5) is 12.9. The van der Waals surface area contributed by atoms with E-state index < -0.39 is 0 Å². The molecular formula is C26H43ClN2O2. The standard InChI is InChI=1S/C25H39ClN2O2.CH4/c1-24(2,18-29)16-27-13-5-8-19-9-10-22(26)21(14-19)23(30)28-17-25-11-3-6-20(15-25)7-4-12-25;/h9-10,14,20,27,29H,3-8,11-13,15-18H2,1-2H3,(H,28,30);1H4. The number of aliphatic hydroxyl groups excluding tert-OH is 1. The van der Waals surface area contributed by atoms with E-state index in [1.54, 1.807) is 0 Å². The average Bonchev–Trinajstić information content (AvgIpc) is 2.73. The van der Waals surface area contributed by atoms with Crippen molar-refractivity contribution in [1.29, 1.82) is 0 Å². The van der Waals surface area contributed by atoms with Crippen LogP contribution in [0, 0.1) is 16.7 Å². The van der Waals surface area contributed by atoms with Crippen LogP contribution in [0.3, 0.4) is 0 Å². The zero-order valence-corrected chi connectivity index (χ0v) is 19.5. The molecule has 1 aromatic carbocycles. The second-order valence-electron chi connectivity index (χ2n) is 10.5. The molecule has 1 amide bonds. The average molecular weight is 451 g/mol. The van der Waals surface area contributed by atoms with Gasteiger partial charge in [-0.3, -0.25) is 4.79 Å². The Labute approximate surface area is 194 Å². The van der Waals surface area contributed by atoms with Crippen LogP contribution >= 0.6 is 11.6 Å². The molecule has 2 aliphatic rings. The molecule has 0 radical (unpaired) electrons. The fourth-order valence-electron chi connectivity index (χ4n) is 5.24. The minimum atomic E-state index is -0.0955. The third-order valence-corrected chi connectivity index (χ3v) is 7.44. The summed E-state index contributed by atoms with van der Waals surface area (Å²) in [5.41, 5.74) is 1.96. The van der Waals surface area contributed by atoms with Gasteiger partial charge in [-0.2, -0.15) is 0 Å². The van der Waals surface area contributed by atoms with Gasteiger partial charge >= 0.3 is 0 Å². The van der Waals surface area contributed by atoms with Gasteiger partial charge in [0.15, 0.2) is 0 Å². The maximum Gasteiger partial charge on any atom is 0.252 e. The van der Waals surface area contributed by atoms with Crippen molar-refractivity contribution in [3.63, 3.8) is 0 Å². The normalized spacial score (nSPS) is 23.2. The maximum atomic E-state index is 12.9. The predicted molar refractivity (Wildman–Crippen MR) is 131 cm³/mol. The topological polar surface area (TPSA) is 61.4 Å². The van der Waals surface area contributed by atoms with Crippen molar-refractivity contribution in [2.75, 3.05) is 26.2 Å². The van der Waals surface area contributed by atoms with Crippen LogP contribution < -0.4 is 10.6 Å². The Hall–Kier alpha value is -1.10. The minimum absolute atomic E-state index is 0. The van der Waals surface area contributed by atoms with Crippen LogP contribution in [0.25, 0.3) is 0 Å². The highest BCUT2D eigenvalue weighted by Crippen LogP contribution is 2.48. The minimum Gasteiger partial charge on any atom is -0.396 e. The molecule has 0 atom stereocenters. The molecule has 2 fully saturated rings. The van der Waals surface area contributed by atoms with Crippen LogP contribution in [0.4, 0.5) is 0 Å². The SMILES string of the molecule is C.CC(C)(CO)CNCCCc1ccc(Cl)c(C(=O)NCC23CCCC(CCC2)C3)c1. The molecule has 4 nitrogen and oxygen atoms in total. The molecule has 31 heavy (non-hydrogen) atoms. The first-order valence-corrected chi connectivity index (χ1v) is 12.1. The van der Waals surface area contributed by atoms with Crippen molar-refractivity contribution in [2.24, 2.45) is 16.7 Å². The third-order valence-electron chi connectivity index (χ3n) is 7.11. The highest BCUT2D eigenvalue weighted by atomic mass is 35.5. The molecule has 2 aliphatic carbocycles. The van der Waals surface area contributed by atoms with Gasteiger partial charge in [-0.15, -0.1) is 0 Å². The van der Waals surface area contributed by atoms with Crippen molar-refractivity contribution in [1.82, 2.24) is 10.6 Å². The molecule has 1 aromatic rings. The first-order chi connectivity index (χ1) is 14.3. The van der Waals surface area contributed by atoms with E-state index in [0.717, 1.165) is 44.0 Å². The number of amides is 1. The molecule has 0 aliphatic heterocycles. The number of carbonyl (C=O) groups excluding carboxylic acids is 1. The van der Waals surface area contributed by atoms with Crippen molar-refractivity contribution < 1.29 is 9.90 Å². The lowest BCUT2D eigenvalue weighted by atomic mass is 9.62. The molecule has 2 bridgehead atoms. The van der Waals surface area contributed by atoms with Gasteiger partial charge in [-0.1, -0.05) is 64.6 Å². The first-order valence-electron chi connectivity index (χ1n) is 11.7. The highest BCUT2D eigenvalue weighted by Gasteiger charge is 2.39. The van der Waals surface area contributed by atoms with E-state index in [2.05, 4.69) is 10.6 Å². The molecular weight excluding hydrogens is 408 g/mol. The van der Waals surface area contributed by atoms with Gasteiger partial charge in [-0.05, 0) is 67.7 Å². The molecule has 2 saturated carbocycles. The van der Waals surface area contributed by atoms with Gasteiger partial charge in [-0.25, -0.2) is 0 Å². The second-order valence-corrected chi connectivity index (χ2v) is 10.9. The lowest BCUT2D eigenvalue weighted by Crippen LogP contribution is -2.43. The molecule has 0 heterocycles. The Bertz CT molecular complexity index is 709. The summed E-state index contributed by atoms with van der Waals surface area (Å²) < 4.78 is 0. The van der Waals surface area contributed by atoms with E-state index in [1.807, 2.05) is 32.0 Å². The highest BCUT2D eigenvalue weighted by molar-refractivity contribution is 6.33. The van der Waals surface area contributed by atoms with Gasteiger partial charge < -0.3 is 15.7 Å². The predicted octanol–water partition coefficient (Wildman–Crippen LogP) is 5.61. The number of rotatable bonds is 10. The van der Waals surface area contributed by atoms with Gasteiger partial charge in [0.05, 0.1) is 10.6 Å². The van der Waals surface area contributed by atoms with Crippen molar-refractivity contribution in [3.8, 4) is 0 Å². The largest absolute Gasteiger partial charge is 0.396 e. The zero-order chi connectivity index (χ0) is 21.6. The zero-order valence-electron chi connectivity index (χ0n) is 18.7. The molecule has 0 spiro atoms. The number of halogens is 1. The van der Waals surface area contributed by atoms with E-state index in [1.165, 1.54) is 44.9 Å².